The fourth-order valence-electron chi connectivity index (χ4n) is 2.68. The van der Waals surface area contributed by atoms with Crippen LogP contribution in [0.2, 0.25) is 0 Å². The summed E-state index contributed by atoms with van der Waals surface area (Å²) in [7, 11) is 0. The van der Waals surface area contributed by atoms with Crippen LogP contribution in [-0.2, 0) is 16.1 Å². The Morgan fingerprint density at radius 3 is 2.36 bits per heavy atom. The van der Waals surface area contributed by atoms with Gasteiger partial charge in [0.05, 0.1) is 17.9 Å². The highest BCUT2D eigenvalue weighted by Gasteiger charge is 2.21. The number of aryl methyl sites for hydroxylation is 2. The number of esters is 1. The Balaban J connectivity index is 1.99. The summed E-state index contributed by atoms with van der Waals surface area (Å²) in [5.41, 5.74) is 3.73. The molecule has 3 amide bonds. The molecule has 1 aromatic heterocycles. The highest BCUT2D eigenvalue weighted by molar-refractivity contribution is 5.97. The largest absolute Gasteiger partial charge is 0.452 e. The van der Waals surface area contributed by atoms with Gasteiger partial charge in [-0.1, -0.05) is 29.8 Å². The molecule has 1 aromatic carbocycles. The molecule has 0 radical (unpaired) electrons. The van der Waals surface area contributed by atoms with Crippen LogP contribution in [0.4, 0.5) is 4.79 Å². The van der Waals surface area contributed by atoms with Gasteiger partial charge in [0.1, 0.15) is 5.56 Å². The summed E-state index contributed by atoms with van der Waals surface area (Å²) in [5.74, 6) is -1.35. The zero-order valence-electron chi connectivity index (χ0n) is 16.8. The van der Waals surface area contributed by atoms with Crippen molar-refractivity contribution in [1.29, 1.82) is 0 Å². The lowest BCUT2D eigenvalue weighted by molar-refractivity contribution is -0.123. The third-order valence-corrected chi connectivity index (χ3v) is 4.05. The number of amides is 3. The van der Waals surface area contributed by atoms with Crippen molar-refractivity contribution < 1.29 is 19.1 Å². The first kappa shape index (κ1) is 21.1. The SMILES string of the molecule is Cc1ccc(Cn2nc(C)c(C(=O)OCC(=O)NC(=O)NC(C)C)c2C)cc1. The van der Waals surface area contributed by atoms with Gasteiger partial charge in [0.15, 0.2) is 6.61 Å². The van der Waals surface area contributed by atoms with Crippen molar-refractivity contribution in [2.24, 2.45) is 0 Å². The molecule has 8 nitrogen and oxygen atoms in total. The molecule has 150 valence electrons. The van der Waals surface area contributed by atoms with Crippen molar-refractivity contribution >= 4 is 17.9 Å². The van der Waals surface area contributed by atoms with Gasteiger partial charge in [-0.15, -0.1) is 0 Å². The van der Waals surface area contributed by atoms with Crippen LogP contribution in [-0.4, -0.2) is 40.3 Å². The van der Waals surface area contributed by atoms with Crippen molar-refractivity contribution in [3.05, 3.63) is 52.3 Å². The zero-order valence-corrected chi connectivity index (χ0v) is 16.8. The number of carbonyl (C=O) groups excluding carboxylic acids is 3. The molecule has 0 atom stereocenters. The van der Waals surface area contributed by atoms with E-state index in [4.69, 9.17) is 4.74 Å². The van der Waals surface area contributed by atoms with E-state index in [9.17, 15) is 14.4 Å². The molecule has 2 aromatic rings. The number of carbonyl (C=O) groups is 3. The minimum absolute atomic E-state index is 0.111. The van der Waals surface area contributed by atoms with Gasteiger partial charge in [0, 0.05) is 6.04 Å². The maximum Gasteiger partial charge on any atom is 0.342 e. The average molecular weight is 386 g/mol. The second kappa shape index (κ2) is 9.16. The van der Waals surface area contributed by atoms with Gasteiger partial charge in [-0.2, -0.15) is 5.10 Å². The van der Waals surface area contributed by atoms with Crippen molar-refractivity contribution in [3.63, 3.8) is 0 Å². The molecule has 8 heteroatoms. The minimum atomic E-state index is -0.700. The summed E-state index contributed by atoms with van der Waals surface area (Å²) < 4.78 is 6.78. The molecule has 1 heterocycles. The molecule has 0 saturated heterocycles. The van der Waals surface area contributed by atoms with E-state index >= 15 is 0 Å². The van der Waals surface area contributed by atoms with E-state index in [1.807, 2.05) is 31.2 Å². The molecule has 28 heavy (non-hydrogen) atoms. The van der Waals surface area contributed by atoms with E-state index in [1.54, 1.807) is 32.4 Å². The van der Waals surface area contributed by atoms with Gasteiger partial charge in [0.25, 0.3) is 5.91 Å². The normalized spacial score (nSPS) is 10.6. The summed E-state index contributed by atoms with van der Waals surface area (Å²) in [6, 6.07) is 7.32. The van der Waals surface area contributed by atoms with Crippen LogP contribution in [0.15, 0.2) is 24.3 Å². The van der Waals surface area contributed by atoms with E-state index in [1.165, 1.54) is 5.56 Å². The second-order valence-electron chi connectivity index (χ2n) is 6.94. The Kier molecular flexibility index (Phi) is 6.92. The van der Waals surface area contributed by atoms with E-state index in [0.29, 0.717) is 23.5 Å². The third kappa shape index (κ3) is 5.67. The third-order valence-electron chi connectivity index (χ3n) is 4.05. The number of benzene rings is 1. The number of nitrogens with one attached hydrogen (secondary N) is 2. The lowest BCUT2D eigenvalue weighted by Gasteiger charge is -2.09. The van der Waals surface area contributed by atoms with Crippen LogP contribution in [0.5, 0.6) is 0 Å². The predicted molar refractivity (Wildman–Crippen MR) is 104 cm³/mol. The summed E-state index contributed by atoms with van der Waals surface area (Å²) >= 11 is 0. The number of imide groups is 1. The lowest BCUT2D eigenvalue weighted by Crippen LogP contribution is -2.44. The van der Waals surface area contributed by atoms with E-state index in [0.717, 1.165) is 5.56 Å². The minimum Gasteiger partial charge on any atom is -0.452 e. The van der Waals surface area contributed by atoms with Crippen molar-refractivity contribution in [3.8, 4) is 0 Å². The maximum absolute atomic E-state index is 12.4. The van der Waals surface area contributed by atoms with Gasteiger partial charge < -0.3 is 10.1 Å². The zero-order chi connectivity index (χ0) is 20.8. The Labute approximate surface area is 164 Å². The molecule has 0 spiro atoms. The predicted octanol–water partition coefficient (Wildman–Crippen LogP) is 2.25. The molecule has 2 rings (SSSR count). The van der Waals surface area contributed by atoms with Crippen molar-refractivity contribution in [1.82, 2.24) is 20.4 Å². The monoisotopic (exact) mass is 386 g/mol. The number of hydrogen-bond donors (Lipinski definition) is 2. The smallest absolute Gasteiger partial charge is 0.342 e. The summed E-state index contributed by atoms with van der Waals surface area (Å²) in [5, 5.41) is 9.03. The summed E-state index contributed by atoms with van der Waals surface area (Å²) in [4.78, 5) is 35.6. The van der Waals surface area contributed by atoms with Crippen LogP contribution >= 0.6 is 0 Å². The van der Waals surface area contributed by atoms with E-state index in [2.05, 4.69) is 15.7 Å². The number of urea groups is 1. The number of ether oxygens (including phenoxy) is 1. The van der Waals surface area contributed by atoms with Gasteiger partial charge in [-0.25, -0.2) is 9.59 Å². The fourth-order valence-corrected chi connectivity index (χ4v) is 2.68. The van der Waals surface area contributed by atoms with Gasteiger partial charge in [-0.3, -0.25) is 14.8 Å². The van der Waals surface area contributed by atoms with Crippen molar-refractivity contribution in [2.75, 3.05) is 6.61 Å². The molecule has 0 unspecified atom stereocenters. The number of nitrogens with zero attached hydrogens (tertiary/aromatic N) is 2. The first-order chi connectivity index (χ1) is 13.2. The first-order valence-electron chi connectivity index (χ1n) is 9.04. The van der Waals surface area contributed by atoms with Crippen molar-refractivity contribution in [2.45, 2.75) is 47.2 Å². The Morgan fingerprint density at radius 1 is 1.11 bits per heavy atom. The fraction of sp³-hybridized carbons (Fsp3) is 0.400. The highest BCUT2D eigenvalue weighted by Crippen LogP contribution is 2.16. The van der Waals surface area contributed by atoms with Crippen LogP contribution in [0.25, 0.3) is 0 Å². The molecule has 2 N–H and O–H groups in total. The molecule has 0 fully saturated rings. The lowest BCUT2D eigenvalue weighted by atomic mass is 10.1. The Bertz CT molecular complexity index is 869. The number of rotatable bonds is 6. The number of hydrogen-bond acceptors (Lipinski definition) is 5. The Hall–Kier alpha value is -3.16. The molecule has 0 bridgehead atoms. The topological polar surface area (TPSA) is 102 Å². The van der Waals surface area contributed by atoms with Gasteiger partial charge in [-0.05, 0) is 40.2 Å². The van der Waals surface area contributed by atoms with E-state index in [-0.39, 0.29) is 6.04 Å². The van der Waals surface area contributed by atoms with Crippen LogP contribution in [0.1, 0.15) is 46.7 Å². The van der Waals surface area contributed by atoms with Crippen LogP contribution in [0.3, 0.4) is 0 Å². The second-order valence-corrected chi connectivity index (χ2v) is 6.94. The van der Waals surface area contributed by atoms with Crippen LogP contribution in [0, 0.1) is 20.8 Å². The maximum atomic E-state index is 12.4. The van der Waals surface area contributed by atoms with Gasteiger partial charge >= 0.3 is 12.0 Å². The van der Waals surface area contributed by atoms with E-state index < -0.39 is 24.5 Å². The van der Waals surface area contributed by atoms with Crippen LogP contribution < -0.4 is 10.6 Å². The quantitative estimate of drug-likeness (QED) is 0.742. The Morgan fingerprint density at radius 2 is 1.75 bits per heavy atom. The standard InChI is InChI=1S/C20H26N4O4/c1-12(2)21-20(27)22-17(25)11-28-19(26)18-14(4)23-24(15(18)5)10-16-8-6-13(3)7-9-16/h6-9,12H,10-11H2,1-5H3,(H2,21,22,25,27). The number of aromatic nitrogens is 2. The molecule has 0 aliphatic rings. The summed E-state index contributed by atoms with van der Waals surface area (Å²) in [6.45, 7) is 9.02. The molecule has 0 aliphatic carbocycles. The first-order valence-corrected chi connectivity index (χ1v) is 9.04. The molecular formula is C20H26N4O4. The van der Waals surface area contributed by atoms with Gasteiger partial charge in [0.2, 0.25) is 0 Å². The molecule has 0 aliphatic heterocycles. The molecular weight excluding hydrogens is 360 g/mol. The average Bonchev–Trinajstić information content (AvgIpc) is 2.87. The molecule has 0 saturated carbocycles. The summed E-state index contributed by atoms with van der Waals surface area (Å²) in [6.07, 6.45) is 0. The highest BCUT2D eigenvalue weighted by atomic mass is 16.5.